The third-order valence-corrected chi connectivity index (χ3v) is 11.0. The summed E-state index contributed by atoms with van der Waals surface area (Å²) in [6.07, 6.45) is 0. The van der Waals surface area contributed by atoms with Crippen LogP contribution in [0.25, 0.3) is 11.3 Å². The maximum absolute atomic E-state index is 5.93. The van der Waals surface area contributed by atoms with Gasteiger partial charge in [-0.3, -0.25) is 0 Å². The Morgan fingerprint density at radius 1 is 1.15 bits per heavy atom. The standard InChI is InChI=1S/C16H22ClNSSi/c1-16(2,3)20(4,5)11-14-10-15(18-19-14)12-6-8-13(17)9-7-12/h6-10H,11H2,1-5H3. The summed E-state index contributed by atoms with van der Waals surface area (Å²) in [7, 11) is -1.29. The molecule has 20 heavy (non-hydrogen) atoms. The SMILES string of the molecule is CC(C)(C)[Si](C)(C)Cc1cc(-c2ccc(Cl)cc2)ns1. The quantitative estimate of drug-likeness (QED) is 0.626. The molecule has 0 saturated heterocycles. The third kappa shape index (κ3) is 3.51. The van der Waals surface area contributed by atoms with E-state index in [0.717, 1.165) is 16.3 Å². The number of hydrogen-bond donors (Lipinski definition) is 0. The molecule has 0 bridgehead atoms. The number of halogens is 1. The predicted molar refractivity (Wildman–Crippen MR) is 93.5 cm³/mol. The van der Waals surface area contributed by atoms with E-state index >= 15 is 0 Å². The van der Waals surface area contributed by atoms with Crippen LogP contribution in [0.5, 0.6) is 0 Å². The summed E-state index contributed by atoms with van der Waals surface area (Å²) in [5, 5.41) is 1.18. The zero-order valence-electron chi connectivity index (χ0n) is 12.8. The Morgan fingerprint density at radius 3 is 2.30 bits per heavy atom. The third-order valence-electron chi connectivity index (χ3n) is 4.35. The highest BCUT2D eigenvalue weighted by Crippen LogP contribution is 2.39. The molecule has 0 N–H and O–H groups in total. The van der Waals surface area contributed by atoms with Crippen molar-refractivity contribution in [2.75, 3.05) is 0 Å². The highest BCUT2D eigenvalue weighted by Gasteiger charge is 2.35. The van der Waals surface area contributed by atoms with Gasteiger partial charge in [0.1, 0.15) is 0 Å². The van der Waals surface area contributed by atoms with Gasteiger partial charge in [-0.2, -0.15) is 4.37 Å². The summed E-state index contributed by atoms with van der Waals surface area (Å²) in [6.45, 7) is 12.0. The normalized spacial score (nSPS) is 12.7. The average molecular weight is 324 g/mol. The molecule has 0 amide bonds. The topological polar surface area (TPSA) is 12.9 Å². The lowest BCUT2D eigenvalue weighted by molar-refractivity contribution is 0.714. The summed E-state index contributed by atoms with van der Waals surface area (Å²) in [5.74, 6) is 0. The summed E-state index contributed by atoms with van der Waals surface area (Å²) >= 11 is 7.57. The first-order valence-corrected chi connectivity index (χ1v) is 11.3. The highest BCUT2D eigenvalue weighted by molar-refractivity contribution is 7.06. The van der Waals surface area contributed by atoms with Crippen molar-refractivity contribution < 1.29 is 0 Å². The molecule has 0 radical (unpaired) electrons. The van der Waals surface area contributed by atoms with E-state index in [1.54, 1.807) is 11.5 Å². The molecular weight excluding hydrogens is 302 g/mol. The molecule has 1 aromatic heterocycles. The van der Waals surface area contributed by atoms with E-state index in [2.05, 4.69) is 44.3 Å². The Morgan fingerprint density at radius 2 is 1.75 bits per heavy atom. The second-order valence-electron chi connectivity index (χ2n) is 7.00. The molecule has 0 fully saturated rings. The minimum Gasteiger partial charge on any atom is -0.192 e. The van der Waals surface area contributed by atoms with Crippen molar-refractivity contribution in [3.8, 4) is 11.3 Å². The average Bonchev–Trinajstić information content (AvgIpc) is 2.76. The first-order valence-electron chi connectivity index (χ1n) is 6.91. The zero-order valence-corrected chi connectivity index (χ0v) is 15.4. The van der Waals surface area contributed by atoms with Crippen LogP contribution >= 0.6 is 23.1 Å². The van der Waals surface area contributed by atoms with Crippen LogP contribution in [0, 0.1) is 0 Å². The Hall–Kier alpha value is -0.643. The van der Waals surface area contributed by atoms with E-state index in [1.807, 2.05) is 24.3 Å². The molecule has 2 rings (SSSR count). The zero-order chi connectivity index (χ0) is 15.0. The minimum atomic E-state index is -1.29. The molecule has 1 nitrogen and oxygen atoms in total. The minimum absolute atomic E-state index is 0.414. The molecule has 1 aromatic carbocycles. The van der Waals surface area contributed by atoms with Gasteiger partial charge in [0, 0.05) is 15.5 Å². The van der Waals surface area contributed by atoms with Crippen LogP contribution in [0.2, 0.25) is 23.2 Å². The van der Waals surface area contributed by atoms with Gasteiger partial charge in [0.2, 0.25) is 0 Å². The van der Waals surface area contributed by atoms with E-state index < -0.39 is 8.07 Å². The lowest BCUT2D eigenvalue weighted by Gasteiger charge is -2.36. The number of hydrogen-bond acceptors (Lipinski definition) is 2. The summed E-state index contributed by atoms with van der Waals surface area (Å²) in [5.41, 5.74) is 2.22. The number of nitrogens with zero attached hydrogens (tertiary/aromatic N) is 1. The molecular formula is C16H22ClNSSi. The van der Waals surface area contributed by atoms with Gasteiger partial charge in [-0.1, -0.05) is 57.6 Å². The van der Waals surface area contributed by atoms with E-state index in [4.69, 9.17) is 11.6 Å². The van der Waals surface area contributed by atoms with Crippen molar-refractivity contribution in [1.29, 1.82) is 0 Å². The Kier molecular flexibility index (Phi) is 4.43. The lowest BCUT2D eigenvalue weighted by Crippen LogP contribution is -2.39. The second-order valence-corrected chi connectivity index (χ2v) is 13.9. The first kappa shape index (κ1) is 15.7. The van der Waals surface area contributed by atoms with Crippen molar-refractivity contribution >= 4 is 31.2 Å². The van der Waals surface area contributed by atoms with Gasteiger partial charge in [-0.25, -0.2) is 0 Å². The largest absolute Gasteiger partial charge is 0.192 e. The van der Waals surface area contributed by atoms with Crippen LogP contribution in [0.3, 0.4) is 0 Å². The molecule has 1 heterocycles. The predicted octanol–water partition coefficient (Wildman–Crippen LogP) is 6.05. The molecule has 2 aromatic rings. The van der Waals surface area contributed by atoms with Gasteiger partial charge in [0.05, 0.1) is 13.8 Å². The first-order chi connectivity index (χ1) is 9.19. The van der Waals surface area contributed by atoms with E-state index in [-0.39, 0.29) is 0 Å². The molecule has 0 spiro atoms. The maximum atomic E-state index is 5.93. The van der Waals surface area contributed by atoms with Crippen LogP contribution < -0.4 is 0 Å². The molecule has 4 heteroatoms. The fraction of sp³-hybridized carbons (Fsp3) is 0.438. The fourth-order valence-electron chi connectivity index (χ4n) is 1.85. The molecule has 0 aliphatic heterocycles. The highest BCUT2D eigenvalue weighted by atomic mass is 35.5. The lowest BCUT2D eigenvalue weighted by atomic mass is 10.1. The summed E-state index contributed by atoms with van der Waals surface area (Å²) < 4.78 is 4.60. The van der Waals surface area contributed by atoms with Gasteiger partial charge in [0.15, 0.2) is 0 Å². The van der Waals surface area contributed by atoms with E-state index in [0.29, 0.717) is 5.04 Å². The van der Waals surface area contributed by atoms with Crippen LogP contribution in [0.1, 0.15) is 25.6 Å². The van der Waals surface area contributed by atoms with E-state index in [1.165, 1.54) is 10.9 Å². The molecule has 0 aliphatic rings. The van der Waals surface area contributed by atoms with E-state index in [9.17, 15) is 0 Å². The van der Waals surface area contributed by atoms with Crippen molar-refractivity contribution in [1.82, 2.24) is 4.37 Å². The van der Waals surface area contributed by atoms with Gasteiger partial charge in [-0.05, 0) is 40.8 Å². The Bertz CT molecular complexity index is 581. The van der Waals surface area contributed by atoms with Crippen LogP contribution in [0.4, 0.5) is 0 Å². The fourth-order valence-corrected chi connectivity index (χ4v) is 5.36. The summed E-state index contributed by atoms with van der Waals surface area (Å²) in [6, 6.07) is 11.4. The molecule has 0 atom stereocenters. The van der Waals surface area contributed by atoms with Crippen LogP contribution in [0.15, 0.2) is 30.3 Å². The molecule has 0 unspecified atom stereocenters. The monoisotopic (exact) mass is 323 g/mol. The summed E-state index contributed by atoms with van der Waals surface area (Å²) in [4.78, 5) is 1.40. The number of benzene rings is 1. The molecule has 0 aliphatic carbocycles. The van der Waals surface area contributed by atoms with Gasteiger partial charge >= 0.3 is 0 Å². The number of rotatable bonds is 3. The van der Waals surface area contributed by atoms with Crippen molar-refractivity contribution in [3.63, 3.8) is 0 Å². The van der Waals surface area contributed by atoms with Crippen LogP contribution in [-0.4, -0.2) is 12.4 Å². The Balaban J connectivity index is 2.20. The smallest absolute Gasteiger partial charge is 0.0843 e. The van der Waals surface area contributed by atoms with Crippen LogP contribution in [-0.2, 0) is 6.04 Å². The maximum Gasteiger partial charge on any atom is 0.0843 e. The van der Waals surface area contributed by atoms with Gasteiger partial charge < -0.3 is 0 Å². The molecule has 0 saturated carbocycles. The Labute approximate surface area is 132 Å². The van der Waals surface area contributed by atoms with Crippen molar-refractivity contribution in [2.45, 2.75) is 44.9 Å². The molecule has 108 valence electrons. The second kappa shape index (κ2) is 5.62. The van der Waals surface area contributed by atoms with Crippen molar-refractivity contribution in [3.05, 3.63) is 40.2 Å². The number of aromatic nitrogens is 1. The van der Waals surface area contributed by atoms with Crippen molar-refractivity contribution in [2.24, 2.45) is 0 Å². The van der Waals surface area contributed by atoms with Gasteiger partial charge in [-0.15, -0.1) is 0 Å². The van der Waals surface area contributed by atoms with Gasteiger partial charge in [0.25, 0.3) is 0 Å².